The molecular weight excluding hydrogens is 894 g/mol. The molecular formula is C50H58Cl4N4O6. The van der Waals surface area contributed by atoms with Crippen LogP contribution in [0.1, 0.15) is 80.8 Å². The molecule has 2 atom stereocenters. The summed E-state index contributed by atoms with van der Waals surface area (Å²) in [5, 5.41) is 1.90. The average molecular weight is 953 g/mol. The number of carbonyl (C=O) groups is 2. The topological polar surface area (TPSA) is 84.0 Å². The van der Waals surface area contributed by atoms with Crippen LogP contribution >= 0.6 is 46.4 Å². The van der Waals surface area contributed by atoms with Crippen LogP contribution in [-0.4, -0.2) is 94.9 Å². The third-order valence-corrected chi connectivity index (χ3v) is 13.9. The standard InChI is InChI=1S/C25H30Cl2N2O3.C25H28Cl2N2O3/c2*1-31-23-10-8-19(17-24(23)32-15-14-28-11-3-2-4-12-28)29-13-5-6-20(25(29)30)18-7-9-21(26)22(27)16-18/h7-10,16-17,20H,2-6,11-15H2,1H3;5,7-10,13,16-17,20H,2-4,6,11-12,14-15H2,1H3. The monoisotopic (exact) mass is 950 g/mol. The number of benzene rings is 4. The Bertz CT molecular complexity index is 2250. The maximum Gasteiger partial charge on any atom is 0.238 e. The van der Waals surface area contributed by atoms with Crippen LogP contribution < -0.4 is 28.7 Å². The van der Waals surface area contributed by atoms with Crippen LogP contribution in [-0.2, 0) is 9.59 Å². The second-order valence-electron chi connectivity index (χ2n) is 16.6. The number of carbonyl (C=O) groups excluding carboxylic acids is 2. The lowest BCUT2D eigenvalue weighted by Crippen LogP contribution is -2.40. The molecule has 0 saturated carbocycles. The number of piperidine rings is 3. The Hall–Kier alpha value is -4.16. The first-order valence-electron chi connectivity index (χ1n) is 22.4. The highest BCUT2D eigenvalue weighted by Gasteiger charge is 2.32. The molecule has 64 heavy (non-hydrogen) atoms. The molecule has 4 aromatic carbocycles. The molecule has 3 saturated heterocycles. The highest BCUT2D eigenvalue weighted by Crippen LogP contribution is 2.39. The molecule has 0 spiro atoms. The predicted octanol–water partition coefficient (Wildman–Crippen LogP) is 11.7. The van der Waals surface area contributed by atoms with Crippen molar-refractivity contribution in [2.45, 2.75) is 69.6 Å². The molecule has 0 radical (unpaired) electrons. The minimum atomic E-state index is -0.319. The zero-order valence-electron chi connectivity index (χ0n) is 36.7. The van der Waals surface area contributed by atoms with Crippen molar-refractivity contribution in [3.63, 3.8) is 0 Å². The summed E-state index contributed by atoms with van der Waals surface area (Å²) >= 11 is 24.5. The third-order valence-electron chi connectivity index (χ3n) is 12.4. The Balaban J connectivity index is 0.000000191. The smallest absolute Gasteiger partial charge is 0.238 e. The number of hydrogen-bond donors (Lipinski definition) is 0. The molecule has 3 fully saturated rings. The van der Waals surface area contributed by atoms with Crippen molar-refractivity contribution in [1.82, 2.24) is 9.80 Å². The summed E-state index contributed by atoms with van der Waals surface area (Å²) in [5.74, 6) is 2.14. The third kappa shape index (κ3) is 12.2. The van der Waals surface area contributed by atoms with E-state index in [0.29, 0.717) is 69.3 Å². The van der Waals surface area contributed by atoms with Crippen molar-refractivity contribution < 1.29 is 28.5 Å². The molecule has 0 N–H and O–H groups in total. The molecule has 0 aliphatic carbocycles. The van der Waals surface area contributed by atoms with Gasteiger partial charge in [0.25, 0.3) is 0 Å². The van der Waals surface area contributed by atoms with Gasteiger partial charge in [-0.3, -0.25) is 24.3 Å². The van der Waals surface area contributed by atoms with Gasteiger partial charge in [0.1, 0.15) is 13.2 Å². The van der Waals surface area contributed by atoms with Gasteiger partial charge >= 0.3 is 0 Å². The van der Waals surface area contributed by atoms with Gasteiger partial charge < -0.3 is 23.8 Å². The van der Waals surface area contributed by atoms with E-state index in [2.05, 4.69) is 9.80 Å². The summed E-state index contributed by atoms with van der Waals surface area (Å²) in [6, 6.07) is 22.1. The zero-order valence-corrected chi connectivity index (χ0v) is 39.7. The van der Waals surface area contributed by atoms with Gasteiger partial charge in [-0.2, -0.15) is 0 Å². The minimum absolute atomic E-state index is 0.0182. The number of amides is 2. The Morgan fingerprint density at radius 3 is 1.58 bits per heavy atom. The summed E-state index contributed by atoms with van der Waals surface area (Å²) in [6.07, 6.45) is 13.8. The number of anilines is 2. The van der Waals surface area contributed by atoms with Crippen LogP contribution in [0.2, 0.25) is 20.1 Å². The van der Waals surface area contributed by atoms with Crippen molar-refractivity contribution in [3.8, 4) is 23.0 Å². The number of hydrogen-bond acceptors (Lipinski definition) is 8. The highest BCUT2D eigenvalue weighted by atomic mass is 35.5. The molecule has 0 bridgehead atoms. The molecule has 10 nitrogen and oxygen atoms in total. The summed E-state index contributed by atoms with van der Waals surface area (Å²) in [7, 11) is 3.26. The van der Waals surface area contributed by atoms with E-state index in [4.69, 9.17) is 65.4 Å². The molecule has 4 aliphatic rings. The van der Waals surface area contributed by atoms with Crippen molar-refractivity contribution in [2.24, 2.45) is 0 Å². The lowest BCUT2D eigenvalue weighted by Gasteiger charge is -2.33. The van der Waals surface area contributed by atoms with Crippen molar-refractivity contribution in [2.75, 3.05) is 83.0 Å². The molecule has 14 heteroatoms. The summed E-state index contributed by atoms with van der Waals surface area (Å²) in [6.45, 7) is 8.17. The van der Waals surface area contributed by atoms with E-state index in [1.54, 1.807) is 43.4 Å². The fourth-order valence-electron chi connectivity index (χ4n) is 8.85. The van der Waals surface area contributed by atoms with Gasteiger partial charge in [-0.1, -0.05) is 77.5 Å². The quantitative estimate of drug-likeness (QED) is 0.124. The number of rotatable bonds is 14. The Kier molecular flexibility index (Phi) is 17.4. The summed E-state index contributed by atoms with van der Waals surface area (Å²) in [4.78, 5) is 35.1. The van der Waals surface area contributed by atoms with Crippen LogP contribution in [0.3, 0.4) is 0 Å². The summed E-state index contributed by atoms with van der Waals surface area (Å²) < 4.78 is 23.2. The van der Waals surface area contributed by atoms with E-state index in [0.717, 1.165) is 74.6 Å². The van der Waals surface area contributed by atoms with Crippen molar-refractivity contribution >= 4 is 69.6 Å². The van der Waals surface area contributed by atoms with Gasteiger partial charge in [-0.25, -0.2) is 0 Å². The second kappa shape index (κ2) is 23.3. The maximum atomic E-state index is 13.4. The van der Waals surface area contributed by atoms with Gasteiger partial charge in [0.2, 0.25) is 11.8 Å². The molecule has 8 rings (SSSR count). The highest BCUT2D eigenvalue weighted by molar-refractivity contribution is 6.42. The van der Waals surface area contributed by atoms with Gasteiger partial charge in [0.05, 0.1) is 51.8 Å². The Labute approximate surface area is 397 Å². The van der Waals surface area contributed by atoms with Crippen LogP contribution in [0.4, 0.5) is 11.4 Å². The minimum Gasteiger partial charge on any atom is -0.493 e. The normalized spacial score (nSPS) is 19.5. The average Bonchev–Trinajstić information content (AvgIpc) is 3.32. The van der Waals surface area contributed by atoms with Gasteiger partial charge in [0, 0.05) is 43.7 Å². The molecule has 4 heterocycles. The van der Waals surface area contributed by atoms with E-state index < -0.39 is 0 Å². The SMILES string of the molecule is COc1ccc(N2C=CCC(c3ccc(Cl)c(Cl)c3)C2=O)cc1OCCN1CCCCC1.COc1ccc(N2CCCC(c3ccc(Cl)c(Cl)c3)C2=O)cc1OCCN1CCCCC1. The van der Waals surface area contributed by atoms with E-state index in [-0.39, 0.29) is 23.7 Å². The number of halogens is 4. The number of allylic oxidation sites excluding steroid dienone is 1. The van der Waals surface area contributed by atoms with Crippen LogP contribution in [0.5, 0.6) is 23.0 Å². The number of ether oxygens (including phenoxy) is 4. The molecule has 0 aromatic heterocycles. The zero-order chi connectivity index (χ0) is 45.0. The first-order chi connectivity index (χ1) is 31.1. The maximum absolute atomic E-state index is 13.4. The second-order valence-corrected chi connectivity index (χ2v) is 18.2. The fourth-order valence-corrected chi connectivity index (χ4v) is 9.46. The molecule has 4 aliphatic heterocycles. The van der Waals surface area contributed by atoms with Gasteiger partial charge in [-0.05, 0) is 131 Å². The van der Waals surface area contributed by atoms with Crippen LogP contribution in [0.25, 0.3) is 0 Å². The van der Waals surface area contributed by atoms with Crippen LogP contribution in [0.15, 0.2) is 85.1 Å². The molecule has 2 unspecified atom stereocenters. The number of methoxy groups -OCH3 is 2. The molecule has 2 amide bonds. The fraction of sp³-hybridized carbons (Fsp3) is 0.440. The van der Waals surface area contributed by atoms with E-state index in [9.17, 15) is 9.59 Å². The van der Waals surface area contributed by atoms with Gasteiger partial charge in [0.15, 0.2) is 23.0 Å². The lowest BCUT2D eigenvalue weighted by atomic mass is 9.89. The molecule has 4 aromatic rings. The lowest BCUT2D eigenvalue weighted by molar-refractivity contribution is -0.121. The van der Waals surface area contributed by atoms with E-state index in [1.165, 1.54) is 38.5 Å². The van der Waals surface area contributed by atoms with E-state index >= 15 is 0 Å². The summed E-state index contributed by atoms with van der Waals surface area (Å²) in [5.41, 5.74) is 3.32. The first-order valence-corrected chi connectivity index (χ1v) is 23.9. The van der Waals surface area contributed by atoms with Crippen molar-refractivity contribution in [3.05, 3.63) is 116 Å². The molecule has 342 valence electrons. The Morgan fingerprint density at radius 1 is 0.531 bits per heavy atom. The van der Waals surface area contributed by atoms with Crippen molar-refractivity contribution in [1.29, 1.82) is 0 Å². The number of likely N-dealkylation sites (tertiary alicyclic amines) is 2. The predicted molar refractivity (Wildman–Crippen MR) is 259 cm³/mol. The number of nitrogens with zero attached hydrogens (tertiary/aromatic N) is 4. The van der Waals surface area contributed by atoms with E-state index in [1.807, 2.05) is 65.7 Å². The largest absolute Gasteiger partial charge is 0.493 e. The van der Waals surface area contributed by atoms with Crippen LogP contribution in [0, 0.1) is 0 Å². The first kappa shape index (κ1) is 47.8. The van der Waals surface area contributed by atoms with Gasteiger partial charge in [-0.15, -0.1) is 0 Å². The Morgan fingerprint density at radius 2 is 1.05 bits per heavy atom.